The predicted molar refractivity (Wildman–Crippen MR) is 107 cm³/mol. The van der Waals surface area contributed by atoms with E-state index in [4.69, 9.17) is 0 Å². The minimum absolute atomic E-state index is 0. The molecule has 3 rings (SSSR count). The molecular weight excluding hydrogens is 350 g/mol. The first-order valence-electron chi connectivity index (χ1n) is 9.52. The van der Waals surface area contributed by atoms with Crippen LogP contribution in [0.4, 0.5) is 5.69 Å². The smallest absolute Gasteiger partial charge is 0.254 e. The van der Waals surface area contributed by atoms with Crippen LogP contribution in [-0.4, -0.2) is 42.4 Å². The fourth-order valence-corrected chi connectivity index (χ4v) is 3.59. The number of carbonyl (C=O) groups excluding carboxylic acids is 2. The van der Waals surface area contributed by atoms with Crippen LogP contribution in [0.15, 0.2) is 24.3 Å². The lowest BCUT2D eigenvalue weighted by Crippen LogP contribution is -2.46. The Hall–Kier alpha value is -1.59. The van der Waals surface area contributed by atoms with Gasteiger partial charge in [0, 0.05) is 29.8 Å². The zero-order chi connectivity index (χ0) is 17.8. The van der Waals surface area contributed by atoms with Crippen LogP contribution in [0.5, 0.6) is 0 Å². The van der Waals surface area contributed by atoms with Gasteiger partial charge >= 0.3 is 0 Å². The Morgan fingerprint density at radius 3 is 2.35 bits per heavy atom. The molecule has 0 aromatic heterocycles. The number of amides is 2. The molecule has 1 saturated carbocycles. The van der Waals surface area contributed by atoms with Gasteiger partial charge in [-0.25, -0.2) is 0 Å². The van der Waals surface area contributed by atoms with E-state index in [9.17, 15) is 9.59 Å². The number of halogens is 1. The van der Waals surface area contributed by atoms with Gasteiger partial charge in [0.1, 0.15) is 0 Å². The minimum Gasteiger partial charge on any atom is -0.336 e. The highest BCUT2D eigenvalue weighted by atomic mass is 35.5. The summed E-state index contributed by atoms with van der Waals surface area (Å²) >= 11 is 0. The number of benzene rings is 1. The Balaban J connectivity index is 0.00000243. The van der Waals surface area contributed by atoms with E-state index >= 15 is 0 Å². The molecular formula is C20H30ClN3O2. The molecule has 2 fully saturated rings. The van der Waals surface area contributed by atoms with Crippen LogP contribution < -0.4 is 10.6 Å². The molecule has 26 heavy (non-hydrogen) atoms. The highest BCUT2D eigenvalue weighted by Gasteiger charge is 2.39. The van der Waals surface area contributed by atoms with Crippen LogP contribution in [-0.2, 0) is 4.79 Å². The van der Waals surface area contributed by atoms with Crippen molar-refractivity contribution in [2.24, 2.45) is 11.8 Å². The lowest BCUT2D eigenvalue weighted by molar-refractivity contribution is -0.117. The van der Waals surface area contributed by atoms with Crippen molar-refractivity contribution in [3.05, 3.63) is 29.8 Å². The molecule has 1 aliphatic carbocycles. The monoisotopic (exact) mass is 379 g/mol. The van der Waals surface area contributed by atoms with E-state index in [-0.39, 0.29) is 30.1 Å². The molecule has 2 unspecified atom stereocenters. The number of rotatable bonds is 6. The fourth-order valence-electron chi connectivity index (χ4n) is 3.59. The van der Waals surface area contributed by atoms with Gasteiger partial charge in [-0.2, -0.15) is 0 Å². The molecule has 0 radical (unpaired) electrons. The highest BCUT2D eigenvalue weighted by molar-refractivity contribution is 5.97. The van der Waals surface area contributed by atoms with Gasteiger partial charge in [0.05, 0.1) is 0 Å². The SMILES string of the molecule is CCCN(C(=O)c1ccc(NC(=O)C2CC2C)cc1)C1CCNCC1.Cl. The van der Waals surface area contributed by atoms with Crippen molar-refractivity contribution in [1.82, 2.24) is 10.2 Å². The Morgan fingerprint density at radius 1 is 1.19 bits per heavy atom. The molecule has 1 saturated heterocycles. The summed E-state index contributed by atoms with van der Waals surface area (Å²) in [7, 11) is 0. The number of anilines is 1. The van der Waals surface area contributed by atoms with E-state index in [1.807, 2.05) is 29.2 Å². The molecule has 1 aromatic carbocycles. The first kappa shape index (κ1) is 20.7. The maximum atomic E-state index is 12.9. The zero-order valence-corrected chi connectivity index (χ0v) is 16.5. The second-order valence-corrected chi connectivity index (χ2v) is 7.37. The molecule has 5 nitrogen and oxygen atoms in total. The number of hydrogen-bond donors (Lipinski definition) is 2. The number of nitrogens with zero attached hydrogens (tertiary/aromatic N) is 1. The largest absolute Gasteiger partial charge is 0.336 e. The Bertz CT molecular complexity index is 614. The topological polar surface area (TPSA) is 61.4 Å². The van der Waals surface area contributed by atoms with Gasteiger partial charge in [-0.3, -0.25) is 9.59 Å². The van der Waals surface area contributed by atoms with Crippen LogP contribution in [0.2, 0.25) is 0 Å². The van der Waals surface area contributed by atoms with Crippen LogP contribution in [0, 0.1) is 11.8 Å². The van der Waals surface area contributed by atoms with Gasteiger partial charge in [-0.05, 0) is 69.0 Å². The quantitative estimate of drug-likeness (QED) is 0.797. The van der Waals surface area contributed by atoms with E-state index in [2.05, 4.69) is 24.5 Å². The second kappa shape index (κ2) is 9.38. The molecule has 2 aliphatic rings. The van der Waals surface area contributed by atoms with Crippen LogP contribution >= 0.6 is 12.4 Å². The summed E-state index contributed by atoms with van der Waals surface area (Å²) < 4.78 is 0. The summed E-state index contributed by atoms with van der Waals surface area (Å²) in [5.41, 5.74) is 1.47. The first-order valence-corrected chi connectivity index (χ1v) is 9.52. The van der Waals surface area contributed by atoms with Crippen molar-refractivity contribution < 1.29 is 9.59 Å². The maximum Gasteiger partial charge on any atom is 0.254 e. The van der Waals surface area contributed by atoms with Gasteiger partial charge in [-0.1, -0.05) is 13.8 Å². The lowest BCUT2D eigenvalue weighted by Gasteiger charge is -2.34. The third-order valence-electron chi connectivity index (χ3n) is 5.32. The van der Waals surface area contributed by atoms with Gasteiger partial charge in [0.2, 0.25) is 5.91 Å². The van der Waals surface area contributed by atoms with E-state index < -0.39 is 0 Å². The molecule has 1 heterocycles. The predicted octanol–water partition coefficient (Wildman–Crippen LogP) is 3.31. The van der Waals surface area contributed by atoms with Crippen molar-refractivity contribution in [2.45, 2.75) is 45.6 Å². The van der Waals surface area contributed by atoms with Crippen molar-refractivity contribution in [1.29, 1.82) is 0 Å². The summed E-state index contributed by atoms with van der Waals surface area (Å²) in [6.45, 7) is 6.95. The van der Waals surface area contributed by atoms with Gasteiger partial charge in [0.15, 0.2) is 0 Å². The van der Waals surface area contributed by atoms with Crippen LogP contribution in [0.1, 0.15) is 49.9 Å². The number of piperidine rings is 1. The zero-order valence-electron chi connectivity index (χ0n) is 15.7. The molecule has 2 N–H and O–H groups in total. The summed E-state index contributed by atoms with van der Waals surface area (Å²) in [6.07, 6.45) is 3.97. The molecule has 1 aromatic rings. The standard InChI is InChI=1S/C20H29N3O2.ClH/c1-3-12-23(17-8-10-21-11-9-17)20(25)15-4-6-16(7-5-15)22-19(24)18-13-14(18)2;/h4-7,14,17-18,21H,3,8-13H2,1-2H3,(H,22,24);1H. The van der Waals surface area contributed by atoms with E-state index in [0.29, 0.717) is 17.5 Å². The van der Waals surface area contributed by atoms with Crippen molar-refractivity contribution in [3.63, 3.8) is 0 Å². The maximum absolute atomic E-state index is 12.9. The summed E-state index contributed by atoms with van der Waals surface area (Å²) in [6, 6.07) is 7.66. The summed E-state index contributed by atoms with van der Waals surface area (Å²) in [5, 5.41) is 6.30. The van der Waals surface area contributed by atoms with Crippen molar-refractivity contribution in [3.8, 4) is 0 Å². The molecule has 6 heteroatoms. The normalized spacial score (nSPS) is 22.2. The third-order valence-corrected chi connectivity index (χ3v) is 5.32. The van der Waals surface area contributed by atoms with Crippen LogP contribution in [0.3, 0.4) is 0 Å². The Morgan fingerprint density at radius 2 is 1.81 bits per heavy atom. The third kappa shape index (κ3) is 4.98. The van der Waals surface area contributed by atoms with Gasteiger partial charge in [0.25, 0.3) is 5.91 Å². The average molecular weight is 380 g/mol. The Labute approximate surface area is 162 Å². The van der Waals surface area contributed by atoms with E-state index in [0.717, 1.165) is 51.0 Å². The summed E-state index contributed by atoms with van der Waals surface area (Å²) in [4.78, 5) is 27.0. The summed E-state index contributed by atoms with van der Waals surface area (Å²) in [5.74, 6) is 0.839. The molecule has 0 bridgehead atoms. The van der Waals surface area contributed by atoms with E-state index in [1.54, 1.807) is 0 Å². The molecule has 1 aliphatic heterocycles. The van der Waals surface area contributed by atoms with Crippen molar-refractivity contribution in [2.75, 3.05) is 25.0 Å². The minimum atomic E-state index is 0. The van der Waals surface area contributed by atoms with Crippen LogP contribution in [0.25, 0.3) is 0 Å². The lowest BCUT2D eigenvalue weighted by atomic mass is 10.0. The molecule has 144 valence electrons. The van der Waals surface area contributed by atoms with Gasteiger partial charge in [-0.15, -0.1) is 12.4 Å². The number of carbonyl (C=O) groups is 2. The fraction of sp³-hybridized carbons (Fsp3) is 0.600. The average Bonchev–Trinajstić information content (AvgIpc) is 3.37. The first-order chi connectivity index (χ1) is 12.1. The van der Waals surface area contributed by atoms with E-state index in [1.165, 1.54) is 0 Å². The highest BCUT2D eigenvalue weighted by Crippen LogP contribution is 2.38. The molecule has 2 amide bonds. The van der Waals surface area contributed by atoms with Gasteiger partial charge < -0.3 is 15.5 Å². The molecule has 2 atom stereocenters. The molecule has 0 spiro atoms. The number of nitrogens with one attached hydrogen (secondary N) is 2. The number of hydrogen-bond acceptors (Lipinski definition) is 3. The Kier molecular flexibility index (Phi) is 7.47. The van der Waals surface area contributed by atoms with Crippen molar-refractivity contribution >= 4 is 29.9 Å². The second-order valence-electron chi connectivity index (χ2n) is 7.37.